The van der Waals surface area contributed by atoms with Crippen LogP contribution in [0.2, 0.25) is 5.02 Å². The van der Waals surface area contributed by atoms with Gasteiger partial charge in [0.2, 0.25) is 17.6 Å². The largest absolute Gasteiger partial charge is 0.339 e. The summed E-state index contributed by atoms with van der Waals surface area (Å²) in [5, 5.41) is 6.81. The van der Waals surface area contributed by atoms with Crippen molar-refractivity contribution in [1.82, 2.24) is 29.2 Å². The molecule has 1 amide bonds. The van der Waals surface area contributed by atoms with Crippen LogP contribution in [0.25, 0.3) is 22.5 Å². The fourth-order valence-electron chi connectivity index (χ4n) is 4.03. The lowest BCUT2D eigenvalue weighted by Crippen LogP contribution is -2.23. The lowest BCUT2D eigenvalue weighted by atomic mass is 10.2. The number of halogens is 1. The Bertz CT molecular complexity index is 1660. The molecule has 2 unspecified atom stereocenters. The summed E-state index contributed by atoms with van der Waals surface area (Å²) in [5.41, 5.74) is 2.44. The van der Waals surface area contributed by atoms with E-state index in [-0.39, 0.29) is 22.1 Å². The summed E-state index contributed by atoms with van der Waals surface area (Å²) in [5.74, 6) is 0.786. The smallest absolute Gasteiger partial charge is 0.270 e. The molecule has 6 rings (SSSR count). The molecule has 2 atom stereocenters. The zero-order valence-corrected chi connectivity index (χ0v) is 19.9. The van der Waals surface area contributed by atoms with Gasteiger partial charge in [-0.05, 0) is 36.8 Å². The number of carbonyl (C=O) groups excluding carboxylic acids is 1. The SMILES string of the molecule is CC1SC(c2ccc(Nc3ncc4c(=O)n(-c5ccccc5Cl)c5nccn5c4n3)cc2)NC1=O. The average molecular weight is 504 g/mol. The molecule has 0 aliphatic carbocycles. The molecule has 1 saturated heterocycles. The Balaban J connectivity index is 1.36. The number of fused-ring (bicyclic) bond motifs is 3. The quantitative estimate of drug-likeness (QED) is 0.380. The van der Waals surface area contributed by atoms with E-state index in [4.69, 9.17) is 11.6 Å². The lowest BCUT2D eigenvalue weighted by Gasteiger charge is -2.13. The van der Waals surface area contributed by atoms with Crippen LogP contribution in [0.1, 0.15) is 17.9 Å². The summed E-state index contributed by atoms with van der Waals surface area (Å²) in [7, 11) is 0. The zero-order valence-electron chi connectivity index (χ0n) is 18.3. The van der Waals surface area contributed by atoms with Crippen LogP contribution in [0.15, 0.2) is 71.9 Å². The molecule has 0 radical (unpaired) electrons. The number of anilines is 2. The Hall–Kier alpha value is -3.89. The van der Waals surface area contributed by atoms with Crippen molar-refractivity contribution in [1.29, 1.82) is 0 Å². The van der Waals surface area contributed by atoms with Crippen LogP contribution in [-0.2, 0) is 4.79 Å². The Morgan fingerprint density at radius 2 is 1.89 bits per heavy atom. The van der Waals surface area contributed by atoms with Gasteiger partial charge in [0, 0.05) is 24.3 Å². The van der Waals surface area contributed by atoms with Crippen molar-refractivity contribution in [2.75, 3.05) is 5.32 Å². The second-order valence-corrected chi connectivity index (χ2v) is 9.89. The van der Waals surface area contributed by atoms with E-state index in [1.165, 1.54) is 10.8 Å². The van der Waals surface area contributed by atoms with Gasteiger partial charge in [0.15, 0.2) is 5.65 Å². The number of hydrogen-bond donors (Lipinski definition) is 2. The Kier molecular flexibility index (Phi) is 5.19. The van der Waals surface area contributed by atoms with Crippen molar-refractivity contribution in [2.24, 2.45) is 0 Å². The second-order valence-electron chi connectivity index (χ2n) is 8.03. The summed E-state index contributed by atoms with van der Waals surface area (Å²) in [6.07, 6.45) is 4.85. The molecule has 0 spiro atoms. The summed E-state index contributed by atoms with van der Waals surface area (Å²) < 4.78 is 3.19. The van der Waals surface area contributed by atoms with Gasteiger partial charge in [-0.2, -0.15) is 4.98 Å². The molecule has 9 nitrogen and oxygen atoms in total. The molecule has 0 saturated carbocycles. The number of nitrogens with one attached hydrogen (secondary N) is 2. The average Bonchev–Trinajstić information content (AvgIpc) is 3.47. The van der Waals surface area contributed by atoms with E-state index in [1.54, 1.807) is 46.8 Å². The topological polar surface area (TPSA) is 106 Å². The summed E-state index contributed by atoms with van der Waals surface area (Å²) in [6, 6.07) is 14.8. The maximum Gasteiger partial charge on any atom is 0.270 e. The minimum Gasteiger partial charge on any atom is -0.339 e. The maximum absolute atomic E-state index is 13.4. The standard InChI is InChI=1S/C24H18ClN7O2S/c1-13-20(33)30-21(35-13)14-6-8-15(9-7-14)28-23-27-12-16-19(29-23)31-11-10-26-24(31)32(22(16)34)18-5-3-2-4-17(18)25/h2-13,21H,1H3,(H,30,33)(H,27,28,29). The number of nitrogens with zero attached hydrogens (tertiary/aromatic N) is 5. The third-order valence-electron chi connectivity index (χ3n) is 5.80. The number of imidazole rings is 1. The molecule has 4 heterocycles. The Labute approximate surface area is 208 Å². The van der Waals surface area contributed by atoms with E-state index in [1.807, 2.05) is 37.3 Å². The molecule has 1 aliphatic heterocycles. The van der Waals surface area contributed by atoms with Gasteiger partial charge < -0.3 is 10.6 Å². The van der Waals surface area contributed by atoms with Gasteiger partial charge in [0.25, 0.3) is 5.56 Å². The predicted octanol–water partition coefficient (Wildman–Crippen LogP) is 4.08. The normalized spacial score (nSPS) is 17.7. The van der Waals surface area contributed by atoms with Gasteiger partial charge in [-0.1, -0.05) is 35.9 Å². The Morgan fingerprint density at radius 3 is 2.63 bits per heavy atom. The monoisotopic (exact) mass is 503 g/mol. The molecule has 1 aliphatic rings. The molecular weight excluding hydrogens is 486 g/mol. The molecule has 3 aromatic heterocycles. The van der Waals surface area contributed by atoms with Crippen LogP contribution in [0.5, 0.6) is 0 Å². The van der Waals surface area contributed by atoms with Crippen LogP contribution in [0.3, 0.4) is 0 Å². The molecule has 11 heteroatoms. The minimum atomic E-state index is -0.312. The van der Waals surface area contributed by atoms with Crippen LogP contribution < -0.4 is 16.2 Å². The van der Waals surface area contributed by atoms with Gasteiger partial charge in [-0.15, -0.1) is 11.8 Å². The molecule has 2 aromatic carbocycles. The van der Waals surface area contributed by atoms with Crippen molar-refractivity contribution >= 4 is 57.7 Å². The van der Waals surface area contributed by atoms with Crippen LogP contribution >= 0.6 is 23.4 Å². The predicted molar refractivity (Wildman–Crippen MR) is 137 cm³/mol. The number of amides is 1. The molecular formula is C24H18ClN7O2S. The number of thioether (sulfide) groups is 1. The van der Waals surface area contributed by atoms with Crippen molar-refractivity contribution in [2.45, 2.75) is 17.5 Å². The number of benzene rings is 2. The van der Waals surface area contributed by atoms with Crippen LogP contribution in [0, 0.1) is 0 Å². The van der Waals surface area contributed by atoms with E-state index in [0.717, 1.165) is 11.3 Å². The fraction of sp³-hybridized carbons (Fsp3) is 0.125. The number of hydrogen-bond acceptors (Lipinski definition) is 7. The number of rotatable bonds is 4. The second kappa shape index (κ2) is 8.40. The van der Waals surface area contributed by atoms with E-state index in [9.17, 15) is 9.59 Å². The molecule has 35 heavy (non-hydrogen) atoms. The van der Waals surface area contributed by atoms with E-state index in [0.29, 0.717) is 33.5 Å². The molecule has 0 bridgehead atoms. The highest BCUT2D eigenvalue weighted by Crippen LogP contribution is 2.35. The van der Waals surface area contributed by atoms with Crippen molar-refractivity contribution in [3.05, 3.63) is 88.1 Å². The highest BCUT2D eigenvalue weighted by atomic mass is 35.5. The summed E-state index contributed by atoms with van der Waals surface area (Å²) >= 11 is 7.96. The summed E-state index contributed by atoms with van der Waals surface area (Å²) in [4.78, 5) is 38.5. The number of carbonyl (C=O) groups is 1. The summed E-state index contributed by atoms with van der Waals surface area (Å²) in [6.45, 7) is 1.90. The minimum absolute atomic E-state index is 0.0474. The van der Waals surface area contributed by atoms with E-state index in [2.05, 4.69) is 25.6 Å². The highest BCUT2D eigenvalue weighted by molar-refractivity contribution is 8.01. The number of para-hydroxylation sites is 1. The van der Waals surface area contributed by atoms with Crippen LogP contribution in [-0.4, -0.2) is 35.1 Å². The van der Waals surface area contributed by atoms with Crippen molar-refractivity contribution in [3.8, 4) is 5.69 Å². The van der Waals surface area contributed by atoms with Gasteiger partial charge in [-0.25, -0.2) is 14.5 Å². The third kappa shape index (κ3) is 3.71. The molecule has 5 aromatic rings. The van der Waals surface area contributed by atoms with E-state index >= 15 is 0 Å². The van der Waals surface area contributed by atoms with Gasteiger partial charge in [-0.3, -0.25) is 14.0 Å². The molecule has 174 valence electrons. The molecule has 1 fully saturated rings. The van der Waals surface area contributed by atoms with Crippen molar-refractivity contribution < 1.29 is 4.79 Å². The highest BCUT2D eigenvalue weighted by Gasteiger charge is 2.29. The van der Waals surface area contributed by atoms with Gasteiger partial charge in [0.1, 0.15) is 10.8 Å². The van der Waals surface area contributed by atoms with Gasteiger partial charge >= 0.3 is 0 Å². The Morgan fingerprint density at radius 1 is 1.09 bits per heavy atom. The first kappa shape index (κ1) is 21.6. The number of aromatic nitrogens is 5. The first-order valence-corrected chi connectivity index (χ1v) is 12.1. The van der Waals surface area contributed by atoms with Gasteiger partial charge in [0.05, 0.1) is 16.0 Å². The maximum atomic E-state index is 13.4. The lowest BCUT2D eigenvalue weighted by molar-refractivity contribution is -0.119. The fourth-order valence-corrected chi connectivity index (χ4v) is 5.35. The third-order valence-corrected chi connectivity index (χ3v) is 7.40. The van der Waals surface area contributed by atoms with E-state index < -0.39 is 0 Å². The molecule has 2 N–H and O–H groups in total. The van der Waals surface area contributed by atoms with Crippen molar-refractivity contribution in [3.63, 3.8) is 0 Å². The first-order chi connectivity index (χ1) is 17.0. The first-order valence-electron chi connectivity index (χ1n) is 10.8. The van der Waals surface area contributed by atoms with Crippen LogP contribution in [0.4, 0.5) is 11.6 Å². The zero-order chi connectivity index (χ0) is 24.1.